The zero-order valence-electron chi connectivity index (χ0n) is 36.0. The Morgan fingerprint density at radius 2 is 1.76 bits per heavy atom. The Hall–Kier alpha value is -6.49. The van der Waals surface area contributed by atoms with Gasteiger partial charge in [0.25, 0.3) is 5.91 Å². The molecule has 2 atom stereocenters. The molecule has 4 aromatic carbocycles. The van der Waals surface area contributed by atoms with E-state index in [4.69, 9.17) is 31.1 Å². The standard InChI is InChI=1S/C47H48ClFN9O7P/c1-28-4-2-6-37(35(28)26-58(27-59)38-14-15-40(60)56-46(38)63)55-41(61)25-50-16-18-64-20-21-65-19-17-51-45(62)29-8-11-32(12-9-29)54-47-53-24-30-23-52-44(42-36(49)5-3-7-39(42)66)34-22-31(48)10-13-33(34)43(30)57-47/h2-13,22,24,27,38,50H,14-21,23,25-26,66H2,1H3,(H,51,62)(H,55,61)(H,53,54,57)(H,56,60,63). The number of ether oxygens (including phenoxy) is 2. The third-order valence-corrected chi connectivity index (χ3v) is 11.5. The van der Waals surface area contributed by atoms with Gasteiger partial charge in [0.1, 0.15) is 11.9 Å². The topological polar surface area (TPSA) is 205 Å². The van der Waals surface area contributed by atoms with Crippen molar-refractivity contribution in [2.45, 2.75) is 38.9 Å². The summed E-state index contributed by atoms with van der Waals surface area (Å²) in [6, 6.07) is 21.7. The van der Waals surface area contributed by atoms with Crippen molar-refractivity contribution in [1.29, 1.82) is 0 Å². The number of rotatable bonds is 20. The maximum absolute atomic E-state index is 15.1. The van der Waals surface area contributed by atoms with Crippen LogP contribution < -0.4 is 31.9 Å². The van der Waals surface area contributed by atoms with E-state index in [1.165, 1.54) is 11.0 Å². The summed E-state index contributed by atoms with van der Waals surface area (Å²) in [4.78, 5) is 76.9. The molecule has 0 spiro atoms. The summed E-state index contributed by atoms with van der Waals surface area (Å²) in [6.45, 7) is 4.14. The van der Waals surface area contributed by atoms with Gasteiger partial charge in [-0.1, -0.05) is 41.9 Å². The van der Waals surface area contributed by atoms with E-state index in [0.717, 1.165) is 16.7 Å². The largest absolute Gasteiger partial charge is 0.378 e. The summed E-state index contributed by atoms with van der Waals surface area (Å²) in [7, 11) is 2.57. The van der Waals surface area contributed by atoms with Crippen LogP contribution in [0.4, 0.5) is 21.7 Å². The highest BCUT2D eigenvalue weighted by Crippen LogP contribution is 2.34. The third kappa shape index (κ3) is 12.0. The van der Waals surface area contributed by atoms with Gasteiger partial charge < -0.3 is 35.6 Å². The van der Waals surface area contributed by atoms with Gasteiger partial charge in [-0.2, -0.15) is 0 Å². The molecule has 1 fully saturated rings. The second kappa shape index (κ2) is 22.6. The number of piperidine rings is 1. The van der Waals surface area contributed by atoms with Crippen LogP contribution in [0.15, 0.2) is 90.1 Å². The average Bonchev–Trinajstić information content (AvgIpc) is 3.44. The quantitative estimate of drug-likeness (QED) is 0.0316. The lowest BCUT2D eigenvalue weighted by Crippen LogP contribution is -2.51. The van der Waals surface area contributed by atoms with Gasteiger partial charge in [0.15, 0.2) is 0 Å². The van der Waals surface area contributed by atoms with Gasteiger partial charge in [0, 0.05) is 76.5 Å². The molecule has 5 aromatic rings. The van der Waals surface area contributed by atoms with Crippen LogP contribution in [0.5, 0.6) is 0 Å². The SMILES string of the molecule is Cc1cccc(NC(=O)CNCCOCCOCCNC(=O)c2ccc(Nc3ncc4c(n3)-c3ccc(Cl)cc3C(c3c(F)cccc3P)=NC4)cc2)c1CN(C=O)C1CCC(=O)NC1=O. The molecule has 7 rings (SSSR count). The number of hydrogen-bond donors (Lipinski definition) is 5. The first-order valence-corrected chi connectivity index (χ1v) is 22.1. The highest BCUT2D eigenvalue weighted by atomic mass is 35.5. The average molecular weight is 936 g/mol. The van der Waals surface area contributed by atoms with Crippen molar-refractivity contribution < 1.29 is 37.8 Å². The van der Waals surface area contributed by atoms with Gasteiger partial charge in [0.05, 0.1) is 50.9 Å². The van der Waals surface area contributed by atoms with Crippen molar-refractivity contribution in [2.75, 3.05) is 56.7 Å². The van der Waals surface area contributed by atoms with Crippen LogP contribution in [0.3, 0.4) is 0 Å². The molecule has 5 N–H and O–H groups in total. The minimum atomic E-state index is -0.776. The number of carbonyl (C=O) groups is 5. The second-order valence-corrected chi connectivity index (χ2v) is 16.4. The molecule has 2 aliphatic heterocycles. The van der Waals surface area contributed by atoms with E-state index in [9.17, 15) is 24.0 Å². The molecule has 16 nitrogen and oxygen atoms in total. The van der Waals surface area contributed by atoms with E-state index in [2.05, 4.69) is 40.8 Å². The van der Waals surface area contributed by atoms with Gasteiger partial charge in [-0.3, -0.25) is 34.3 Å². The Bertz CT molecular complexity index is 2630. The fourth-order valence-electron chi connectivity index (χ4n) is 7.46. The number of aromatic nitrogens is 2. The third-order valence-electron chi connectivity index (χ3n) is 10.8. The number of aliphatic imine (C=N–C) groups is 1. The molecule has 342 valence electrons. The molecule has 2 aliphatic rings. The number of amides is 5. The van der Waals surface area contributed by atoms with Crippen LogP contribution in [-0.4, -0.2) is 103 Å². The number of imide groups is 1. The Morgan fingerprint density at radius 3 is 2.52 bits per heavy atom. The molecular weight excluding hydrogens is 888 g/mol. The summed E-state index contributed by atoms with van der Waals surface area (Å²) in [6.07, 6.45) is 2.66. The van der Waals surface area contributed by atoms with Crippen molar-refractivity contribution in [3.8, 4) is 11.3 Å². The maximum Gasteiger partial charge on any atom is 0.251 e. The number of nitrogens with zero attached hydrogens (tertiary/aromatic N) is 4. The van der Waals surface area contributed by atoms with E-state index in [1.807, 2.05) is 25.1 Å². The highest BCUT2D eigenvalue weighted by molar-refractivity contribution is 7.27. The normalized spacial score (nSPS) is 14.2. The molecule has 1 aromatic heterocycles. The van der Waals surface area contributed by atoms with Gasteiger partial charge in [-0.05, 0) is 78.3 Å². The van der Waals surface area contributed by atoms with E-state index >= 15 is 4.39 Å². The van der Waals surface area contributed by atoms with Crippen LogP contribution in [0.2, 0.25) is 5.02 Å². The Labute approximate surface area is 387 Å². The van der Waals surface area contributed by atoms with E-state index in [0.29, 0.717) is 101 Å². The molecule has 5 amide bonds. The first-order valence-electron chi connectivity index (χ1n) is 21.2. The van der Waals surface area contributed by atoms with Crippen LogP contribution in [-0.2, 0) is 41.7 Å². The van der Waals surface area contributed by atoms with E-state index in [-0.39, 0.29) is 56.8 Å². The maximum atomic E-state index is 15.1. The number of carbonyl (C=O) groups excluding carboxylic acids is 5. The number of fused-ring (bicyclic) bond motifs is 3. The molecule has 0 aliphatic carbocycles. The van der Waals surface area contributed by atoms with Crippen LogP contribution in [0.1, 0.15) is 51.0 Å². The Morgan fingerprint density at radius 1 is 0.985 bits per heavy atom. The molecule has 66 heavy (non-hydrogen) atoms. The van der Waals surface area contributed by atoms with Crippen molar-refractivity contribution in [3.63, 3.8) is 0 Å². The number of halogens is 2. The first-order chi connectivity index (χ1) is 32.0. The summed E-state index contributed by atoms with van der Waals surface area (Å²) in [5, 5.41) is 15.4. The van der Waals surface area contributed by atoms with Crippen LogP contribution in [0, 0.1) is 12.7 Å². The van der Waals surface area contributed by atoms with E-state index < -0.39 is 17.8 Å². The molecule has 1 saturated heterocycles. The van der Waals surface area contributed by atoms with E-state index in [1.54, 1.807) is 60.8 Å². The Balaban J connectivity index is 0.788. The number of benzene rings is 4. The minimum absolute atomic E-state index is 0.0163. The first kappa shape index (κ1) is 47.5. The molecular formula is C47H48ClFN9O7P. The van der Waals surface area contributed by atoms with Gasteiger partial charge in [0.2, 0.25) is 30.1 Å². The highest BCUT2D eigenvalue weighted by Gasteiger charge is 2.32. The van der Waals surface area contributed by atoms with Gasteiger partial charge in [-0.15, -0.1) is 9.24 Å². The van der Waals surface area contributed by atoms with Gasteiger partial charge in [-0.25, -0.2) is 14.4 Å². The number of hydrogen-bond acceptors (Lipinski definition) is 12. The van der Waals surface area contributed by atoms with Crippen molar-refractivity contribution in [2.24, 2.45) is 4.99 Å². The lowest BCUT2D eigenvalue weighted by molar-refractivity contribution is -0.141. The van der Waals surface area contributed by atoms with Crippen molar-refractivity contribution in [3.05, 3.63) is 129 Å². The molecule has 0 saturated carbocycles. The molecule has 0 radical (unpaired) electrons. The predicted molar refractivity (Wildman–Crippen MR) is 252 cm³/mol. The number of nitrogens with one attached hydrogen (secondary N) is 5. The summed E-state index contributed by atoms with van der Waals surface area (Å²) in [5.41, 5.74) is 6.84. The smallest absolute Gasteiger partial charge is 0.251 e. The van der Waals surface area contributed by atoms with Crippen molar-refractivity contribution in [1.82, 2.24) is 30.8 Å². The monoisotopic (exact) mass is 935 g/mol. The molecule has 2 unspecified atom stereocenters. The summed E-state index contributed by atoms with van der Waals surface area (Å²) >= 11 is 6.42. The van der Waals surface area contributed by atoms with Gasteiger partial charge >= 0.3 is 0 Å². The fraction of sp³-hybridized carbons (Fsp3) is 0.277. The van der Waals surface area contributed by atoms with Crippen LogP contribution in [0.25, 0.3) is 11.3 Å². The van der Waals surface area contributed by atoms with Crippen molar-refractivity contribution >= 4 is 79.2 Å². The number of anilines is 3. The summed E-state index contributed by atoms with van der Waals surface area (Å²) in [5.74, 6) is -1.50. The lowest BCUT2D eigenvalue weighted by atomic mass is 9.95. The Kier molecular flexibility index (Phi) is 16.3. The molecule has 19 heteroatoms. The zero-order valence-corrected chi connectivity index (χ0v) is 37.9. The molecule has 3 heterocycles. The van der Waals surface area contributed by atoms with Crippen LogP contribution >= 0.6 is 20.8 Å². The second-order valence-electron chi connectivity index (χ2n) is 15.4. The number of aryl methyl sites for hydroxylation is 1. The molecule has 0 bridgehead atoms. The minimum Gasteiger partial charge on any atom is -0.378 e. The lowest BCUT2D eigenvalue weighted by Gasteiger charge is -2.31. The fourth-order valence-corrected chi connectivity index (χ4v) is 8.01. The zero-order chi connectivity index (χ0) is 46.6. The summed E-state index contributed by atoms with van der Waals surface area (Å²) < 4.78 is 26.3. The predicted octanol–water partition coefficient (Wildman–Crippen LogP) is 4.59.